The minimum atomic E-state index is 0.197. The van der Waals surface area contributed by atoms with Crippen LogP contribution in [-0.4, -0.2) is 24.7 Å². The highest BCUT2D eigenvalue weighted by molar-refractivity contribution is 8.76. The van der Waals surface area contributed by atoms with Gasteiger partial charge in [0.2, 0.25) is 0 Å². The summed E-state index contributed by atoms with van der Waals surface area (Å²) in [5.74, 6) is 1.96. The van der Waals surface area contributed by atoms with Gasteiger partial charge in [-0.15, -0.1) is 0 Å². The van der Waals surface area contributed by atoms with Crippen LogP contribution in [0.3, 0.4) is 0 Å². The van der Waals surface area contributed by atoms with E-state index in [1.54, 1.807) is 10.8 Å². The summed E-state index contributed by atoms with van der Waals surface area (Å²) in [7, 11) is 3.58. The molecule has 0 bridgehead atoms. The van der Waals surface area contributed by atoms with Crippen molar-refractivity contribution in [3.05, 3.63) is 29.8 Å². The van der Waals surface area contributed by atoms with E-state index in [0.29, 0.717) is 0 Å². The molecule has 2 N–H and O–H groups in total. The quantitative estimate of drug-likeness (QED) is 0.602. The molecular weight excluding hydrogens is 238 g/mol. The standard InChI is InChI=1S/C12H19NOS2/c1-10(13)8-11-4-3-5-12(9-11)14-6-7-16-15-2/h3-5,9-10H,6-8,13H2,1-2H3. The van der Waals surface area contributed by atoms with E-state index in [2.05, 4.69) is 18.4 Å². The second kappa shape index (κ2) is 7.87. The summed E-state index contributed by atoms with van der Waals surface area (Å²) in [4.78, 5) is 0. The molecule has 1 unspecified atom stereocenters. The van der Waals surface area contributed by atoms with Gasteiger partial charge in [-0.05, 0) is 37.3 Å². The zero-order chi connectivity index (χ0) is 11.8. The molecule has 0 fully saturated rings. The minimum absolute atomic E-state index is 0.197. The highest BCUT2D eigenvalue weighted by Crippen LogP contribution is 2.18. The highest BCUT2D eigenvalue weighted by Gasteiger charge is 2.00. The van der Waals surface area contributed by atoms with E-state index in [4.69, 9.17) is 10.5 Å². The van der Waals surface area contributed by atoms with Gasteiger partial charge in [-0.1, -0.05) is 33.7 Å². The Labute approximate surface area is 106 Å². The van der Waals surface area contributed by atoms with Gasteiger partial charge in [-0.2, -0.15) is 0 Å². The van der Waals surface area contributed by atoms with Gasteiger partial charge in [0.25, 0.3) is 0 Å². The molecule has 1 atom stereocenters. The van der Waals surface area contributed by atoms with Crippen LogP contribution in [0.2, 0.25) is 0 Å². The van der Waals surface area contributed by atoms with Crippen molar-refractivity contribution in [1.29, 1.82) is 0 Å². The normalized spacial score (nSPS) is 12.4. The minimum Gasteiger partial charge on any atom is -0.493 e. The zero-order valence-electron chi connectivity index (χ0n) is 9.81. The zero-order valence-corrected chi connectivity index (χ0v) is 11.4. The molecule has 1 aromatic rings. The maximum absolute atomic E-state index is 5.77. The van der Waals surface area contributed by atoms with E-state index in [-0.39, 0.29) is 6.04 Å². The Hall–Kier alpha value is -0.320. The van der Waals surface area contributed by atoms with Crippen molar-refractivity contribution in [2.24, 2.45) is 5.73 Å². The summed E-state index contributed by atoms with van der Waals surface area (Å²) in [5, 5.41) is 0. The van der Waals surface area contributed by atoms with Crippen LogP contribution in [-0.2, 0) is 6.42 Å². The number of hydrogen-bond acceptors (Lipinski definition) is 4. The Balaban J connectivity index is 2.41. The Morgan fingerprint density at radius 2 is 2.25 bits per heavy atom. The van der Waals surface area contributed by atoms with E-state index in [0.717, 1.165) is 24.5 Å². The average Bonchev–Trinajstić information content (AvgIpc) is 2.24. The molecule has 1 aromatic carbocycles. The molecule has 0 spiro atoms. The van der Waals surface area contributed by atoms with Crippen LogP contribution in [0.25, 0.3) is 0 Å². The summed E-state index contributed by atoms with van der Waals surface area (Å²) in [6, 6.07) is 8.38. The van der Waals surface area contributed by atoms with Gasteiger partial charge in [0, 0.05) is 11.8 Å². The van der Waals surface area contributed by atoms with Crippen molar-refractivity contribution in [2.45, 2.75) is 19.4 Å². The van der Waals surface area contributed by atoms with E-state index in [1.807, 2.05) is 29.9 Å². The topological polar surface area (TPSA) is 35.2 Å². The smallest absolute Gasteiger partial charge is 0.119 e. The number of nitrogens with two attached hydrogens (primary N) is 1. The molecule has 16 heavy (non-hydrogen) atoms. The molecule has 2 nitrogen and oxygen atoms in total. The molecule has 0 amide bonds. The fourth-order valence-electron chi connectivity index (χ4n) is 1.41. The molecule has 0 aliphatic carbocycles. The molecule has 90 valence electrons. The fraction of sp³-hybridized carbons (Fsp3) is 0.500. The Bertz CT molecular complexity index is 305. The van der Waals surface area contributed by atoms with Crippen molar-refractivity contribution in [3.63, 3.8) is 0 Å². The van der Waals surface area contributed by atoms with E-state index >= 15 is 0 Å². The lowest BCUT2D eigenvalue weighted by atomic mass is 10.1. The molecule has 0 aliphatic rings. The van der Waals surface area contributed by atoms with Crippen LogP contribution < -0.4 is 10.5 Å². The Kier molecular flexibility index (Phi) is 6.76. The second-order valence-electron chi connectivity index (χ2n) is 3.67. The number of hydrogen-bond donors (Lipinski definition) is 1. The van der Waals surface area contributed by atoms with Crippen molar-refractivity contribution in [1.82, 2.24) is 0 Å². The van der Waals surface area contributed by atoms with E-state index in [1.165, 1.54) is 5.56 Å². The first-order valence-corrected chi connectivity index (χ1v) is 8.08. The summed E-state index contributed by atoms with van der Waals surface area (Å²) < 4.78 is 5.66. The van der Waals surface area contributed by atoms with Crippen LogP contribution in [0.5, 0.6) is 5.75 Å². The predicted octanol–water partition coefficient (Wildman–Crippen LogP) is 2.97. The van der Waals surface area contributed by atoms with Crippen LogP contribution >= 0.6 is 21.6 Å². The lowest BCUT2D eigenvalue weighted by Gasteiger charge is -2.09. The van der Waals surface area contributed by atoms with Crippen LogP contribution in [0.1, 0.15) is 12.5 Å². The monoisotopic (exact) mass is 257 g/mol. The molecule has 0 aromatic heterocycles. The van der Waals surface area contributed by atoms with Crippen LogP contribution in [0.4, 0.5) is 0 Å². The third kappa shape index (κ3) is 5.68. The lowest BCUT2D eigenvalue weighted by Crippen LogP contribution is -2.17. The van der Waals surface area contributed by atoms with Crippen molar-refractivity contribution >= 4 is 21.6 Å². The number of benzene rings is 1. The molecule has 1 rings (SSSR count). The van der Waals surface area contributed by atoms with E-state index < -0.39 is 0 Å². The number of rotatable bonds is 7. The molecule has 0 radical (unpaired) electrons. The average molecular weight is 257 g/mol. The molecular formula is C12H19NOS2. The SMILES string of the molecule is CSSCCOc1cccc(CC(C)N)c1. The summed E-state index contributed by atoms with van der Waals surface area (Å²) in [6.45, 7) is 2.77. The van der Waals surface area contributed by atoms with Crippen molar-refractivity contribution < 1.29 is 4.74 Å². The van der Waals surface area contributed by atoms with Crippen molar-refractivity contribution in [3.8, 4) is 5.75 Å². The first kappa shape index (κ1) is 13.7. The summed E-state index contributed by atoms with van der Waals surface area (Å²) >= 11 is 0. The first-order chi connectivity index (χ1) is 7.72. The Morgan fingerprint density at radius 3 is 2.94 bits per heavy atom. The molecule has 4 heteroatoms. The van der Waals surface area contributed by atoms with Gasteiger partial charge in [-0.3, -0.25) is 0 Å². The Morgan fingerprint density at radius 1 is 1.44 bits per heavy atom. The molecule has 0 saturated heterocycles. The van der Waals surface area contributed by atoms with Crippen LogP contribution in [0, 0.1) is 0 Å². The maximum Gasteiger partial charge on any atom is 0.119 e. The van der Waals surface area contributed by atoms with Gasteiger partial charge >= 0.3 is 0 Å². The predicted molar refractivity (Wildman–Crippen MR) is 75.3 cm³/mol. The maximum atomic E-state index is 5.77. The third-order valence-corrected chi connectivity index (χ3v) is 3.79. The summed E-state index contributed by atoms with van der Waals surface area (Å²) in [6.07, 6.45) is 2.98. The van der Waals surface area contributed by atoms with Crippen LogP contribution in [0.15, 0.2) is 24.3 Å². The van der Waals surface area contributed by atoms with Gasteiger partial charge < -0.3 is 10.5 Å². The largest absolute Gasteiger partial charge is 0.493 e. The lowest BCUT2D eigenvalue weighted by molar-refractivity contribution is 0.344. The third-order valence-electron chi connectivity index (χ3n) is 2.01. The van der Waals surface area contributed by atoms with Gasteiger partial charge in [0.1, 0.15) is 5.75 Å². The fourth-order valence-corrected chi connectivity index (χ4v) is 2.43. The van der Waals surface area contributed by atoms with E-state index in [9.17, 15) is 0 Å². The van der Waals surface area contributed by atoms with Gasteiger partial charge in [0.05, 0.1) is 6.61 Å². The molecule has 0 saturated carbocycles. The highest BCUT2D eigenvalue weighted by atomic mass is 33.1. The second-order valence-corrected chi connectivity index (χ2v) is 6.35. The van der Waals surface area contributed by atoms with Gasteiger partial charge in [-0.25, -0.2) is 0 Å². The van der Waals surface area contributed by atoms with Gasteiger partial charge in [0.15, 0.2) is 0 Å². The van der Waals surface area contributed by atoms with Crippen molar-refractivity contribution in [2.75, 3.05) is 18.6 Å². The molecule has 0 aliphatic heterocycles. The first-order valence-electron chi connectivity index (χ1n) is 5.35. The molecule has 0 heterocycles. The number of ether oxygens (including phenoxy) is 1. The summed E-state index contributed by atoms with van der Waals surface area (Å²) in [5.41, 5.74) is 7.01.